The Morgan fingerprint density at radius 1 is 0.471 bits per heavy atom. The first kappa shape index (κ1) is 49.0. The summed E-state index contributed by atoms with van der Waals surface area (Å²) in [4.78, 5) is 7.11. The Kier molecular flexibility index (Phi) is 14.2. The second-order valence-corrected chi connectivity index (χ2v) is 19.0. The van der Waals surface area contributed by atoms with Gasteiger partial charge in [-0.2, -0.15) is 0 Å². The van der Waals surface area contributed by atoms with Crippen LogP contribution in [0.1, 0.15) is 91.5 Å². The molecule has 0 spiro atoms. The van der Waals surface area contributed by atoms with E-state index in [0.717, 1.165) is 71.9 Å². The van der Waals surface area contributed by atoms with Gasteiger partial charge in [-0.05, 0) is 86.3 Å². The molecule has 0 saturated heterocycles. The molecule has 1 aliphatic heterocycles. The van der Waals surface area contributed by atoms with Crippen molar-refractivity contribution in [1.82, 2.24) is 9.97 Å². The lowest BCUT2D eigenvalue weighted by molar-refractivity contribution is 0.173. The number of ether oxygens (including phenoxy) is 8. The van der Waals surface area contributed by atoms with Gasteiger partial charge in [0.15, 0.2) is 11.5 Å². The molecule has 0 fully saturated rings. The summed E-state index contributed by atoms with van der Waals surface area (Å²) in [5.74, 6) is 6.94. The molecular formula is C58H68N2O8. The fraction of sp³-hybridized carbons (Fsp3) is 0.345. The Bertz CT molecular complexity index is 3080. The van der Waals surface area contributed by atoms with Gasteiger partial charge in [-0.3, -0.25) is 0 Å². The number of nitrogens with one attached hydrogen (secondary N) is 2. The van der Waals surface area contributed by atoms with E-state index >= 15 is 0 Å². The van der Waals surface area contributed by atoms with E-state index in [4.69, 9.17) is 37.9 Å². The smallest absolute Gasteiger partial charge is 0.169 e. The highest BCUT2D eigenvalue weighted by Gasteiger charge is 2.27. The lowest BCUT2D eigenvalue weighted by Gasteiger charge is -2.28. The number of benzene rings is 5. The molecule has 2 N–H and O–H groups in total. The highest BCUT2D eigenvalue weighted by molar-refractivity contribution is 6.03. The Balaban J connectivity index is 0.000000204. The van der Waals surface area contributed by atoms with Crippen molar-refractivity contribution in [2.45, 2.75) is 93.9 Å². The highest BCUT2D eigenvalue weighted by Crippen LogP contribution is 2.47. The van der Waals surface area contributed by atoms with Gasteiger partial charge in [0, 0.05) is 74.1 Å². The van der Waals surface area contributed by atoms with Crippen LogP contribution in [0.5, 0.6) is 57.5 Å². The monoisotopic (exact) mass is 920 g/mol. The fourth-order valence-corrected chi connectivity index (χ4v) is 8.64. The molecule has 0 amide bonds. The zero-order valence-corrected chi connectivity index (χ0v) is 42.8. The van der Waals surface area contributed by atoms with Gasteiger partial charge in [0.1, 0.15) is 59.2 Å². The highest BCUT2D eigenvalue weighted by atomic mass is 16.6. The normalized spacial score (nSPS) is 13.8. The first-order valence-corrected chi connectivity index (χ1v) is 23.2. The number of aromatic nitrogens is 2. The molecule has 7 aromatic rings. The third-order valence-corrected chi connectivity index (χ3v) is 12.6. The minimum atomic E-state index is 0.0432. The molecular weight excluding hydrogens is 853 g/mol. The molecule has 0 radical (unpaired) electrons. The summed E-state index contributed by atoms with van der Waals surface area (Å²) in [6, 6.07) is 20.1. The number of rotatable bonds is 9. The number of aromatic amines is 2. The first-order chi connectivity index (χ1) is 32.4. The average molecular weight is 921 g/mol. The maximum Gasteiger partial charge on any atom is 0.169 e. The van der Waals surface area contributed by atoms with Crippen molar-refractivity contribution in [2.24, 2.45) is 0 Å². The van der Waals surface area contributed by atoms with Crippen LogP contribution in [0.2, 0.25) is 0 Å². The zero-order valence-electron chi connectivity index (χ0n) is 42.8. The Morgan fingerprint density at radius 2 is 0.853 bits per heavy atom. The van der Waals surface area contributed by atoms with Crippen LogP contribution in [0.4, 0.5) is 0 Å². The maximum absolute atomic E-state index is 6.56. The third kappa shape index (κ3) is 9.59. The summed E-state index contributed by atoms with van der Waals surface area (Å²) < 4.78 is 47.2. The number of fused-ring (bicyclic) bond motifs is 3. The molecule has 358 valence electrons. The topological polar surface area (TPSA) is 105 Å². The summed E-state index contributed by atoms with van der Waals surface area (Å²) >= 11 is 0. The van der Waals surface area contributed by atoms with Crippen molar-refractivity contribution in [2.75, 3.05) is 41.7 Å². The van der Waals surface area contributed by atoms with Gasteiger partial charge in [0.25, 0.3) is 0 Å². The number of hydrogen-bond acceptors (Lipinski definition) is 8. The SMILES string of the molecule is C/C=c1\[nH]/c(=C\C)c2c(-c3cc(C(C)(C)C)cc(C(C)(C)C)c3)c3c(cc12)OCCO3.C/C=c1\[nH]/c(=C\C)c2c(Oc3cc(OC)cc(OC)c3)c(C)c(C)c(Oc3cc(OC)cc(OC)c3)c12. The predicted molar refractivity (Wildman–Crippen MR) is 278 cm³/mol. The van der Waals surface area contributed by atoms with Gasteiger partial charge in [-0.1, -0.05) is 84.0 Å². The minimum Gasteiger partial charge on any atom is -0.496 e. The van der Waals surface area contributed by atoms with Crippen LogP contribution in [0.25, 0.3) is 57.0 Å². The molecule has 1 aliphatic rings. The van der Waals surface area contributed by atoms with Crippen LogP contribution in [-0.4, -0.2) is 51.6 Å². The van der Waals surface area contributed by atoms with E-state index in [9.17, 15) is 0 Å². The standard InChI is InChI=1S/C30H33NO6.C28H35NO2/c1-9-25-27-28(26(10-2)31-25)30(37-24-15-21(34-7)12-22(16-24)35-8)18(4)17(3)29(27)36-23-13-19(32-5)11-20(14-23)33-6;1-9-21-20-16-23-26(31-12-11-30-23)24(25(20)22(10-2)29-21)17-13-18(27(3,4)5)15-19(14-17)28(6,7)8/h9-16,31H,1-8H3;9-10,13-16,29H,11-12H2,1-8H3/b25-9-,26-10-;21-9-,22-10-. The van der Waals surface area contributed by atoms with Gasteiger partial charge < -0.3 is 47.9 Å². The molecule has 8 rings (SSSR count). The lowest BCUT2D eigenvalue weighted by atomic mass is 9.78. The number of hydrogen-bond donors (Lipinski definition) is 2. The fourth-order valence-electron chi connectivity index (χ4n) is 8.64. The van der Waals surface area contributed by atoms with Crippen LogP contribution in [0.3, 0.4) is 0 Å². The molecule has 0 bridgehead atoms. The third-order valence-electron chi connectivity index (χ3n) is 12.6. The van der Waals surface area contributed by atoms with Crippen LogP contribution in [0, 0.1) is 13.8 Å². The summed E-state index contributed by atoms with van der Waals surface area (Å²) in [6.45, 7) is 27.0. The van der Waals surface area contributed by atoms with Crippen molar-refractivity contribution in [3.05, 3.63) is 104 Å². The quantitative estimate of drug-likeness (QED) is 0.147. The van der Waals surface area contributed by atoms with Gasteiger partial charge in [0.2, 0.25) is 0 Å². The lowest BCUT2D eigenvalue weighted by Crippen LogP contribution is -2.18. The molecule has 10 heteroatoms. The van der Waals surface area contributed by atoms with Gasteiger partial charge in [0.05, 0.1) is 39.2 Å². The second kappa shape index (κ2) is 19.7. The first-order valence-electron chi connectivity index (χ1n) is 23.2. The van der Waals surface area contributed by atoms with E-state index in [1.165, 1.54) is 27.5 Å². The van der Waals surface area contributed by atoms with E-state index < -0.39 is 0 Å². The Labute approximate surface area is 400 Å². The second-order valence-electron chi connectivity index (χ2n) is 19.0. The van der Waals surface area contributed by atoms with Crippen LogP contribution in [0.15, 0.2) is 60.7 Å². The molecule has 0 saturated carbocycles. The molecule has 0 atom stereocenters. The molecule has 0 unspecified atom stereocenters. The molecule has 68 heavy (non-hydrogen) atoms. The Morgan fingerprint density at radius 3 is 1.25 bits per heavy atom. The Hall–Kier alpha value is -6.94. The van der Waals surface area contributed by atoms with Crippen molar-refractivity contribution in [3.63, 3.8) is 0 Å². The van der Waals surface area contributed by atoms with Crippen LogP contribution < -0.4 is 59.3 Å². The molecule has 0 aliphatic carbocycles. The van der Waals surface area contributed by atoms with Crippen molar-refractivity contribution < 1.29 is 37.9 Å². The largest absolute Gasteiger partial charge is 0.496 e. The zero-order chi connectivity index (χ0) is 49.2. The summed E-state index contributed by atoms with van der Waals surface area (Å²) in [5.41, 5.74) is 6.96. The molecule has 3 heterocycles. The van der Waals surface area contributed by atoms with Gasteiger partial charge in [-0.25, -0.2) is 0 Å². The van der Waals surface area contributed by atoms with Crippen LogP contribution >= 0.6 is 0 Å². The van der Waals surface area contributed by atoms with Gasteiger partial charge >= 0.3 is 0 Å². The average Bonchev–Trinajstić information content (AvgIpc) is 3.90. The molecule has 2 aromatic heterocycles. The number of H-pyrrole nitrogens is 2. The van der Waals surface area contributed by atoms with E-state index in [1.807, 2.05) is 76.2 Å². The summed E-state index contributed by atoms with van der Waals surface area (Å²) in [7, 11) is 6.47. The van der Waals surface area contributed by atoms with Gasteiger partial charge in [-0.15, -0.1) is 0 Å². The minimum absolute atomic E-state index is 0.0432. The number of methoxy groups -OCH3 is 4. The summed E-state index contributed by atoms with van der Waals surface area (Å²) in [5, 5.41) is 8.32. The van der Waals surface area contributed by atoms with Crippen molar-refractivity contribution in [1.29, 1.82) is 0 Å². The molecule has 5 aromatic carbocycles. The molecule has 10 nitrogen and oxygen atoms in total. The van der Waals surface area contributed by atoms with Crippen molar-refractivity contribution >= 4 is 45.8 Å². The van der Waals surface area contributed by atoms with E-state index in [0.29, 0.717) is 47.7 Å². The maximum atomic E-state index is 6.56. The van der Waals surface area contributed by atoms with E-state index in [-0.39, 0.29) is 10.8 Å². The van der Waals surface area contributed by atoms with E-state index in [1.54, 1.807) is 28.4 Å². The van der Waals surface area contributed by atoms with E-state index in [2.05, 4.69) is 102 Å². The van der Waals surface area contributed by atoms with Crippen LogP contribution in [-0.2, 0) is 10.8 Å². The van der Waals surface area contributed by atoms with Crippen molar-refractivity contribution in [3.8, 4) is 68.6 Å². The summed E-state index contributed by atoms with van der Waals surface area (Å²) in [6.07, 6.45) is 8.33. The predicted octanol–water partition coefficient (Wildman–Crippen LogP) is 11.8.